The first-order chi connectivity index (χ1) is 8.70. The highest BCUT2D eigenvalue weighted by Gasteiger charge is 2.22. The number of benzene rings is 1. The van der Waals surface area contributed by atoms with Crippen molar-refractivity contribution < 1.29 is 14.2 Å². The zero-order chi connectivity index (χ0) is 13.0. The molecule has 0 amide bonds. The molecular formula is C14H20FNO2. The number of anilines is 1. The number of rotatable bonds is 3. The quantitative estimate of drug-likeness (QED) is 0.814. The molecule has 2 N–H and O–H groups in total. The molecule has 2 atom stereocenters. The van der Waals surface area contributed by atoms with E-state index in [1.54, 1.807) is 6.07 Å². The summed E-state index contributed by atoms with van der Waals surface area (Å²) in [6.45, 7) is 0. The minimum atomic E-state index is -0.345. The van der Waals surface area contributed by atoms with Gasteiger partial charge in [0.15, 0.2) is 0 Å². The van der Waals surface area contributed by atoms with Gasteiger partial charge < -0.3 is 15.2 Å². The van der Waals surface area contributed by atoms with E-state index in [9.17, 15) is 9.50 Å². The maximum atomic E-state index is 13.1. The molecule has 0 saturated heterocycles. The minimum Gasteiger partial charge on any atom is -0.494 e. The van der Waals surface area contributed by atoms with E-state index >= 15 is 0 Å². The van der Waals surface area contributed by atoms with Crippen LogP contribution in [0.2, 0.25) is 0 Å². The van der Waals surface area contributed by atoms with Gasteiger partial charge in [-0.05, 0) is 25.0 Å². The Morgan fingerprint density at radius 2 is 2.06 bits per heavy atom. The molecule has 0 heterocycles. The molecule has 0 aliphatic heterocycles. The fourth-order valence-corrected chi connectivity index (χ4v) is 2.44. The average molecular weight is 253 g/mol. The Bertz CT molecular complexity index is 397. The second kappa shape index (κ2) is 6.05. The van der Waals surface area contributed by atoms with Crippen molar-refractivity contribution in [3.63, 3.8) is 0 Å². The van der Waals surface area contributed by atoms with Gasteiger partial charge in [-0.1, -0.05) is 19.3 Å². The topological polar surface area (TPSA) is 41.5 Å². The van der Waals surface area contributed by atoms with Crippen molar-refractivity contribution in [1.82, 2.24) is 0 Å². The molecule has 0 spiro atoms. The summed E-state index contributed by atoms with van der Waals surface area (Å²) in [5.74, 6) is 0.158. The van der Waals surface area contributed by atoms with Crippen molar-refractivity contribution in [2.75, 3.05) is 12.4 Å². The van der Waals surface area contributed by atoms with E-state index < -0.39 is 0 Å². The molecule has 1 aromatic rings. The molecule has 0 bridgehead atoms. The van der Waals surface area contributed by atoms with Crippen molar-refractivity contribution in [1.29, 1.82) is 0 Å². The zero-order valence-corrected chi connectivity index (χ0v) is 10.7. The molecule has 1 aromatic carbocycles. The van der Waals surface area contributed by atoms with Crippen LogP contribution in [-0.2, 0) is 0 Å². The van der Waals surface area contributed by atoms with Crippen molar-refractivity contribution in [3.05, 3.63) is 24.0 Å². The number of hydrogen-bond acceptors (Lipinski definition) is 3. The number of aliphatic hydroxyl groups is 1. The van der Waals surface area contributed by atoms with E-state index in [0.29, 0.717) is 5.75 Å². The van der Waals surface area contributed by atoms with Crippen LogP contribution in [0.4, 0.5) is 10.1 Å². The number of ether oxygens (including phenoxy) is 1. The summed E-state index contributed by atoms with van der Waals surface area (Å²) < 4.78 is 18.2. The van der Waals surface area contributed by atoms with Crippen molar-refractivity contribution >= 4 is 5.69 Å². The smallest absolute Gasteiger partial charge is 0.144 e. The highest BCUT2D eigenvalue weighted by Crippen LogP contribution is 2.28. The molecule has 1 aliphatic rings. The molecular weight excluding hydrogens is 233 g/mol. The van der Waals surface area contributed by atoms with E-state index in [1.165, 1.54) is 19.2 Å². The Morgan fingerprint density at radius 1 is 1.28 bits per heavy atom. The number of methoxy groups -OCH3 is 1. The van der Waals surface area contributed by atoms with E-state index in [1.807, 2.05) is 0 Å². The van der Waals surface area contributed by atoms with Gasteiger partial charge in [-0.2, -0.15) is 0 Å². The lowest BCUT2D eigenvalue weighted by Gasteiger charge is -2.24. The molecule has 1 aliphatic carbocycles. The van der Waals surface area contributed by atoms with Crippen LogP contribution in [0, 0.1) is 5.82 Å². The SMILES string of the molecule is COc1cc(F)ccc1NC1CCCCCC1O. The monoisotopic (exact) mass is 253 g/mol. The first-order valence-corrected chi connectivity index (χ1v) is 6.49. The zero-order valence-electron chi connectivity index (χ0n) is 10.7. The third-order valence-corrected chi connectivity index (χ3v) is 3.48. The minimum absolute atomic E-state index is 0.0202. The standard InChI is InChI=1S/C14H20FNO2/c1-18-14-9-10(15)7-8-12(14)16-11-5-3-2-4-6-13(11)17/h7-9,11,13,16-17H,2-6H2,1H3. The van der Waals surface area contributed by atoms with Crippen molar-refractivity contribution in [3.8, 4) is 5.75 Å². The maximum Gasteiger partial charge on any atom is 0.144 e. The number of halogens is 1. The summed E-state index contributed by atoms with van der Waals surface area (Å²) in [5.41, 5.74) is 0.741. The third kappa shape index (κ3) is 3.13. The van der Waals surface area contributed by atoms with Crippen LogP contribution in [0.3, 0.4) is 0 Å². The van der Waals surface area contributed by atoms with Crippen molar-refractivity contribution in [2.45, 2.75) is 44.2 Å². The summed E-state index contributed by atoms with van der Waals surface area (Å²) in [7, 11) is 1.52. The molecule has 100 valence electrons. The average Bonchev–Trinajstić information content (AvgIpc) is 2.57. The number of nitrogens with one attached hydrogen (secondary N) is 1. The van der Waals surface area contributed by atoms with Gasteiger partial charge >= 0.3 is 0 Å². The lowest BCUT2D eigenvalue weighted by atomic mass is 10.1. The molecule has 4 heteroatoms. The van der Waals surface area contributed by atoms with E-state index in [-0.39, 0.29) is 18.0 Å². The lowest BCUT2D eigenvalue weighted by molar-refractivity contribution is 0.144. The third-order valence-electron chi connectivity index (χ3n) is 3.48. The molecule has 3 nitrogen and oxygen atoms in total. The molecule has 18 heavy (non-hydrogen) atoms. The van der Waals surface area contributed by atoms with Gasteiger partial charge in [-0.3, -0.25) is 0 Å². The summed E-state index contributed by atoms with van der Waals surface area (Å²) in [5, 5.41) is 13.3. The second-order valence-electron chi connectivity index (χ2n) is 4.80. The summed E-state index contributed by atoms with van der Waals surface area (Å²) in [6.07, 6.45) is 4.75. The van der Waals surface area contributed by atoms with Crippen molar-refractivity contribution in [2.24, 2.45) is 0 Å². The molecule has 2 unspecified atom stereocenters. The van der Waals surface area contributed by atoms with Gasteiger partial charge in [0.05, 0.1) is 24.9 Å². The second-order valence-corrected chi connectivity index (χ2v) is 4.80. The molecule has 2 rings (SSSR count). The van der Waals surface area contributed by atoms with Gasteiger partial charge in [0, 0.05) is 6.07 Å². The molecule has 1 fully saturated rings. The van der Waals surface area contributed by atoms with Gasteiger partial charge in [-0.25, -0.2) is 4.39 Å². The van der Waals surface area contributed by atoms with E-state index in [0.717, 1.165) is 37.8 Å². The first kappa shape index (κ1) is 13.1. The number of hydrogen-bond donors (Lipinski definition) is 2. The maximum absolute atomic E-state index is 13.1. The summed E-state index contributed by atoms with van der Waals surface area (Å²) in [6, 6.07) is 4.43. The van der Waals surface area contributed by atoms with Crippen LogP contribution in [0.5, 0.6) is 5.75 Å². The molecule has 1 saturated carbocycles. The predicted molar refractivity (Wildman–Crippen MR) is 69.5 cm³/mol. The Kier molecular flexibility index (Phi) is 4.42. The van der Waals surface area contributed by atoms with E-state index in [2.05, 4.69) is 5.32 Å². The fourth-order valence-electron chi connectivity index (χ4n) is 2.44. The lowest BCUT2D eigenvalue weighted by Crippen LogP contribution is -2.32. The fraction of sp³-hybridized carbons (Fsp3) is 0.571. The Balaban J connectivity index is 2.12. The van der Waals surface area contributed by atoms with Crippen LogP contribution in [0.15, 0.2) is 18.2 Å². The highest BCUT2D eigenvalue weighted by molar-refractivity contribution is 5.57. The van der Waals surface area contributed by atoms with Gasteiger partial charge in [0.25, 0.3) is 0 Å². The first-order valence-electron chi connectivity index (χ1n) is 6.49. The summed E-state index contributed by atoms with van der Waals surface area (Å²) >= 11 is 0. The van der Waals surface area contributed by atoms with Crippen LogP contribution in [0.25, 0.3) is 0 Å². The Hall–Kier alpha value is -1.29. The molecule has 0 aromatic heterocycles. The summed E-state index contributed by atoms with van der Waals surface area (Å²) in [4.78, 5) is 0. The van der Waals surface area contributed by atoms with Gasteiger partial charge in [-0.15, -0.1) is 0 Å². The number of aliphatic hydroxyl groups excluding tert-OH is 1. The highest BCUT2D eigenvalue weighted by atomic mass is 19.1. The predicted octanol–water partition coefficient (Wildman–Crippen LogP) is 2.94. The molecule has 0 radical (unpaired) electrons. The van der Waals surface area contributed by atoms with E-state index in [4.69, 9.17) is 4.74 Å². The van der Waals surface area contributed by atoms with Gasteiger partial charge in [0.1, 0.15) is 11.6 Å². The van der Waals surface area contributed by atoms with Crippen LogP contribution < -0.4 is 10.1 Å². The normalized spacial score (nSPS) is 24.4. The Morgan fingerprint density at radius 3 is 2.83 bits per heavy atom. The van der Waals surface area contributed by atoms with Crippen LogP contribution in [0.1, 0.15) is 32.1 Å². The van der Waals surface area contributed by atoms with Gasteiger partial charge in [0.2, 0.25) is 0 Å². The van der Waals surface area contributed by atoms with Crippen LogP contribution in [-0.4, -0.2) is 24.4 Å². The Labute approximate surface area is 107 Å². The van der Waals surface area contributed by atoms with Crippen LogP contribution >= 0.6 is 0 Å². The largest absolute Gasteiger partial charge is 0.494 e.